The van der Waals surface area contributed by atoms with Crippen molar-refractivity contribution in [2.45, 2.75) is 33.2 Å². The molecule has 1 heterocycles. The largest absolute Gasteiger partial charge is 0.356 e. The van der Waals surface area contributed by atoms with Gasteiger partial charge in [-0.05, 0) is 20.8 Å². The van der Waals surface area contributed by atoms with Crippen LogP contribution < -0.4 is 10.6 Å². The third-order valence-corrected chi connectivity index (χ3v) is 2.92. The van der Waals surface area contributed by atoms with Gasteiger partial charge in [0.05, 0.1) is 5.01 Å². The number of aliphatic imine (C=N–C) groups is 1. The van der Waals surface area contributed by atoms with Crippen LogP contribution in [0.2, 0.25) is 0 Å². The lowest BCUT2D eigenvalue weighted by Gasteiger charge is -2.13. The first-order chi connectivity index (χ1) is 7.61. The summed E-state index contributed by atoms with van der Waals surface area (Å²) in [5, 5.41) is 7.68. The van der Waals surface area contributed by atoms with Gasteiger partial charge in [-0.3, -0.25) is 4.99 Å². The Bertz CT molecular complexity index is 349. The van der Waals surface area contributed by atoms with E-state index in [2.05, 4.69) is 41.4 Å². The summed E-state index contributed by atoms with van der Waals surface area (Å²) >= 11 is 1.75. The molecular formula is C11H21IN4S. The second kappa shape index (κ2) is 8.68. The fourth-order valence-corrected chi connectivity index (χ4v) is 2.06. The molecule has 0 spiro atoms. The lowest BCUT2D eigenvalue weighted by molar-refractivity contribution is 0.697. The second-order valence-electron chi connectivity index (χ2n) is 3.91. The van der Waals surface area contributed by atoms with Gasteiger partial charge in [0.25, 0.3) is 0 Å². The van der Waals surface area contributed by atoms with Crippen molar-refractivity contribution in [2.24, 2.45) is 4.99 Å². The predicted octanol–water partition coefficient (Wildman–Crippen LogP) is 2.19. The topological polar surface area (TPSA) is 49.3 Å². The zero-order valence-electron chi connectivity index (χ0n) is 10.8. The first-order valence-corrected chi connectivity index (χ1v) is 6.32. The number of nitrogens with zero attached hydrogens (tertiary/aromatic N) is 2. The summed E-state index contributed by atoms with van der Waals surface area (Å²) < 4.78 is 0. The Kier molecular flexibility index (Phi) is 8.49. The molecule has 1 rings (SSSR count). The Morgan fingerprint density at radius 3 is 2.71 bits per heavy atom. The van der Waals surface area contributed by atoms with Gasteiger partial charge in [-0.2, -0.15) is 0 Å². The minimum atomic E-state index is 0. The molecule has 0 saturated carbocycles. The van der Waals surface area contributed by atoms with Gasteiger partial charge in [-0.25, -0.2) is 4.98 Å². The normalized spacial score (nSPS) is 11.2. The highest BCUT2D eigenvalue weighted by molar-refractivity contribution is 14.0. The Balaban J connectivity index is 0.00000256. The molecule has 17 heavy (non-hydrogen) atoms. The molecule has 0 unspecified atom stereocenters. The molecule has 0 radical (unpaired) electrons. The van der Waals surface area contributed by atoms with Gasteiger partial charge in [-0.15, -0.1) is 35.3 Å². The maximum atomic E-state index is 4.32. The monoisotopic (exact) mass is 368 g/mol. The van der Waals surface area contributed by atoms with Crippen molar-refractivity contribution in [2.75, 3.05) is 13.6 Å². The molecule has 1 aromatic heterocycles. The SMILES string of the molecule is CN=C(NCCc1ncc(C)s1)NC(C)C.I. The second-order valence-corrected chi connectivity index (χ2v) is 5.23. The molecule has 1 aromatic rings. The van der Waals surface area contributed by atoms with E-state index in [1.54, 1.807) is 18.4 Å². The number of thiazole rings is 1. The highest BCUT2D eigenvalue weighted by Gasteiger charge is 2.01. The third-order valence-electron chi connectivity index (χ3n) is 1.95. The highest BCUT2D eigenvalue weighted by atomic mass is 127. The van der Waals surface area contributed by atoms with E-state index in [0.717, 1.165) is 18.9 Å². The van der Waals surface area contributed by atoms with Crippen molar-refractivity contribution in [1.82, 2.24) is 15.6 Å². The van der Waals surface area contributed by atoms with Crippen LogP contribution in [-0.2, 0) is 6.42 Å². The summed E-state index contributed by atoms with van der Waals surface area (Å²) in [4.78, 5) is 9.72. The molecule has 98 valence electrons. The van der Waals surface area contributed by atoms with E-state index in [9.17, 15) is 0 Å². The van der Waals surface area contributed by atoms with Crippen LogP contribution in [0, 0.1) is 6.92 Å². The number of guanidine groups is 1. The maximum Gasteiger partial charge on any atom is 0.191 e. The van der Waals surface area contributed by atoms with Crippen LogP contribution in [0.3, 0.4) is 0 Å². The van der Waals surface area contributed by atoms with Crippen LogP contribution in [-0.4, -0.2) is 30.6 Å². The van der Waals surface area contributed by atoms with Crippen molar-refractivity contribution in [3.63, 3.8) is 0 Å². The van der Waals surface area contributed by atoms with E-state index >= 15 is 0 Å². The molecule has 4 nitrogen and oxygen atoms in total. The fourth-order valence-electron chi connectivity index (χ4n) is 1.27. The molecule has 0 amide bonds. The van der Waals surface area contributed by atoms with Crippen molar-refractivity contribution in [3.05, 3.63) is 16.1 Å². The minimum Gasteiger partial charge on any atom is -0.356 e. The minimum absolute atomic E-state index is 0. The summed E-state index contributed by atoms with van der Waals surface area (Å²) in [6.45, 7) is 7.13. The smallest absolute Gasteiger partial charge is 0.191 e. The number of hydrogen-bond acceptors (Lipinski definition) is 3. The van der Waals surface area contributed by atoms with Crippen LogP contribution in [0.4, 0.5) is 0 Å². The summed E-state index contributed by atoms with van der Waals surface area (Å²) in [5.74, 6) is 0.850. The standard InChI is InChI=1S/C11H20N4S.HI/c1-8(2)15-11(12-4)13-6-5-10-14-7-9(3)16-10;/h7-8H,5-6H2,1-4H3,(H2,12,13,15);1H. The summed E-state index contributed by atoms with van der Waals surface area (Å²) in [5.41, 5.74) is 0. The molecule has 0 atom stereocenters. The van der Waals surface area contributed by atoms with Gasteiger partial charge in [0, 0.05) is 37.1 Å². The Labute approximate surface area is 124 Å². The highest BCUT2D eigenvalue weighted by Crippen LogP contribution is 2.10. The molecule has 0 aromatic carbocycles. The van der Waals surface area contributed by atoms with Crippen molar-refractivity contribution in [3.8, 4) is 0 Å². The molecule has 0 bridgehead atoms. The fraction of sp³-hybridized carbons (Fsp3) is 0.636. The Morgan fingerprint density at radius 2 is 2.24 bits per heavy atom. The molecule has 6 heteroatoms. The molecule has 0 saturated heterocycles. The van der Waals surface area contributed by atoms with E-state index < -0.39 is 0 Å². The van der Waals surface area contributed by atoms with Crippen molar-refractivity contribution in [1.29, 1.82) is 0 Å². The Hall–Kier alpha value is -0.370. The number of aryl methyl sites for hydroxylation is 1. The zero-order valence-corrected chi connectivity index (χ0v) is 13.9. The van der Waals surface area contributed by atoms with Crippen LogP contribution in [0.5, 0.6) is 0 Å². The van der Waals surface area contributed by atoms with E-state index in [-0.39, 0.29) is 24.0 Å². The van der Waals surface area contributed by atoms with Gasteiger partial charge < -0.3 is 10.6 Å². The first kappa shape index (κ1) is 16.6. The van der Waals surface area contributed by atoms with Crippen LogP contribution in [0.1, 0.15) is 23.7 Å². The molecule has 0 aliphatic heterocycles. The number of nitrogens with one attached hydrogen (secondary N) is 2. The van der Waals surface area contributed by atoms with Gasteiger partial charge in [-0.1, -0.05) is 0 Å². The lowest BCUT2D eigenvalue weighted by Crippen LogP contribution is -2.41. The summed E-state index contributed by atoms with van der Waals surface area (Å²) in [7, 11) is 1.78. The lowest BCUT2D eigenvalue weighted by atomic mass is 10.4. The molecule has 2 N–H and O–H groups in total. The van der Waals surface area contributed by atoms with Crippen molar-refractivity contribution < 1.29 is 0 Å². The van der Waals surface area contributed by atoms with Crippen molar-refractivity contribution >= 4 is 41.3 Å². The predicted molar refractivity (Wildman–Crippen MR) is 85.6 cm³/mol. The zero-order chi connectivity index (χ0) is 12.0. The first-order valence-electron chi connectivity index (χ1n) is 5.50. The summed E-state index contributed by atoms with van der Waals surface area (Å²) in [6, 6.07) is 0.397. The number of halogens is 1. The Morgan fingerprint density at radius 1 is 1.53 bits per heavy atom. The van der Waals surface area contributed by atoms with E-state index in [0.29, 0.717) is 6.04 Å². The third kappa shape index (κ3) is 6.82. The van der Waals surface area contributed by atoms with E-state index in [1.165, 1.54) is 9.88 Å². The molecule has 0 aliphatic carbocycles. The number of rotatable bonds is 4. The van der Waals surface area contributed by atoms with Gasteiger partial charge >= 0.3 is 0 Å². The van der Waals surface area contributed by atoms with Gasteiger partial charge in [0.1, 0.15) is 0 Å². The maximum absolute atomic E-state index is 4.32. The van der Waals surface area contributed by atoms with E-state index in [4.69, 9.17) is 0 Å². The molecule has 0 aliphatic rings. The molecule has 0 fully saturated rings. The average molecular weight is 368 g/mol. The summed E-state index contributed by atoms with van der Waals surface area (Å²) in [6.07, 6.45) is 2.86. The van der Waals surface area contributed by atoms with E-state index in [1.807, 2.05) is 6.20 Å². The van der Waals surface area contributed by atoms with Crippen LogP contribution in [0.25, 0.3) is 0 Å². The molecular weight excluding hydrogens is 347 g/mol. The van der Waals surface area contributed by atoms with Crippen LogP contribution in [0.15, 0.2) is 11.2 Å². The van der Waals surface area contributed by atoms with Gasteiger partial charge in [0.15, 0.2) is 5.96 Å². The number of hydrogen-bond donors (Lipinski definition) is 2. The van der Waals surface area contributed by atoms with Crippen LogP contribution >= 0.6 is 35.3 Å². The quantitative estimate of drug-likeness (QED) is 0.487. The van der Waals surface area contributed by atoms with Gasteiger partial charge in [0.2, 0.25) is 0 Å². The number of aromatic nitrogens is 1. The average Bonchev–Trinajstić information content (AvgIpc) is 2.62.